The van der Waals surface area contributed by atoms with Gasteiger partial charge in [-0.05, 0) is 25.1 Å². The number of carboxylic acid groups (broad SMARTS) is 1. The number of carbonyl (C=O) groups is 1. The molecule has 8 heteroatoms. The van der Waals surface area contributed by atoms with E-state index in [0.29, 0.717) is 17.7 Å². The molecular formula is C13H11F3N2O3. The van der Waals surface area contributed by atoms with E-state index in [2.05, 4.69) is 10.3 Å². The molecule has 1 aromatic carbocycles. The molecule has 0 aliphatic heterocycles. The van der Waals surface area contributed by atoms with Gasteiger partial charge in [0.05, 0.1) is 23.9 Å². The molecular weight excluding hydrogens is 289 g/mol. The maximum atomic E-state index is 12.6. The molecule has 0 atom stereocenters. The van der Waals surface area contributed by atoms with Crippen LogP contribution in [0.4, 0.5) is 18.9 Å². The van der Waals surface area contributed by atoms with Gasteiger partial charge in [-0.1, -0.05) is 0 Å². The van der Waals surface area contributed by atoms with Gasteiger partial charge in [-0.2, -0.15) is 13.2 Å². The summed E-state index contributed by atoms with van der Waals surface area (Å²) in [5.74, 6) is -0.561. The molecule has 1 heterocycles. The number of nitrogens with zero attached hydrogens (tertiary/aromatic N) is 1. The fourth-order valence-corrected chi connectivity index (χ4v) is 1.71. The summed E-state index contributed by atoms with van der Waals surface area (Å²) >= 11 is 0. The summed E-state index contributed by atoms with van der Waals surface area (Å²) in [6.45, 7) is 1.76. The number of oxazole rings is 1. The summed E-state index contributed by atoms with van der Waals surface area (Å²) in [6.07, 6.45) is -3.11. The van der Waals surface area contributed by atoms with Crippen LogP contribution >= 0.6 is 0 Å². The number of aromatic nitrogens is 1. The van der Waals surface area contributed by atoms with Crippen molar-refractivity contribution in [1.82, 2.24) is 4.98 Å². The van der Waals surface area contributed by atoms with Gasteiger partial charge in [0.2, 0.25) is 5.89 Å². The first kappa shape index (κ1) is 14.9. The highest BCUT2D eigenvalue weighted by molar-refractivity contribution is 5.94. The van der Waals surface area contributed by atoms with E-state index in [9.17, 15) is 18.0 Å². The molecule has 1 aromatic heterocycles. The monoisotopic (exact) mass is 300 g/mol. The van der Waals surface area contributed by atoms with Crippen LogP contribution in [0.15, 0.2) is 28.8 Å². The van der Waals surface area contributed by atoms with Gasteiger partial charge in [0.1, 0.15) is 5.76 Å². The number of rotatable bonds is 4. The van der Waals surface area contributed by atoms with Gasteiger partial charge in [0.15, 0.2) is 0 Å². The molecule has 0 unspecified atom stereocenters. The third-order valence-corrected chi connectivity index (χ3v) is 2.68. The Labute approximate surface area is 117 Å². The van der Waals surface area contributed by atoms with Crippen LogP contribution in [0.3, 0.4) is 0 Å². The van der Waals surface area contributed by atoms with Crippen LogP contribution < -0.4 is 5.32 Å². The summed E-state index contributed by atoms with van der Waals surface area (Å²) in [5, 5.41) is 11.7. The molecule has 0 fully saturated rings. The molecule has 0 aliphatic carbocycles. The lowest BCUT2D eigenvalue weighted by molar-refractivity contribution is -0.137. The number of carboxylic acids is 1. The number of alkyl halides is 3. The Hall–Kier alpha value is -2.51. The quantitative estimate of drug-likeness (QED) is 0.906. The Kier molecular flexibility index (Phi) is 3.88. The molecule has 0 amide bonds. The van der Waals surface area contributed by atoms with Gasteiger partial charge < -0.3 is 14.8 Å². The number of nitrogens with one attached hydrogen (secondary N) is 1. The molecule has 0 saturated heterocycles. The fourth-order valence-electron chi connectivity index (χ4n) is 1.71. The Balaban J connectivity index is 2.24. The third-order valence-electron chi connectivity index (χ3n) is 2.68. The Bertz CT molecular complexity index is 665. The highest BCUT2D eigenvalue weighted by Gasteiger charge is 2.31. The fraction of sp³-hybridized carbons (Fsp3) is 0.231. The largest absolute Gasteiger partial charge is 0.478 e. The number of halogens is 3. The van der Waals surface area contributed by atoms with Crippen molar-refractivity contribution in [1.29, 1.82) is 0 Å². The zero-order valence-electron chi connectivity index (χ0n) is 10.9. The molecule has 21 heavy (non-hydrogen) atoms. The molecule has 5 nitrogen and oxygen atoms in total. The van der Waals surface area contributed by atoms with Crippen LogP contribution in [-0.2, 0) is 12.7 Å². The lowest BCUT2D eigenvalue weighted by atomic mass is 10.1. The summed E-state index contributed by atoms with van der Waals surface area (Å²) in [7, 11) is 0. The SMILES string of the molecule is Cc1cnc(CNc2ccc(C(F)(F)F)cc2C(=O)O)o1. The van der Waals surface area contributed by atoms with Crippen LogP contribution in [0.2, 0.25) is 0 Å². The lowest BCUT2D eigenvalue weighted by Crippen LogP contribution is -2.11. The number of aromatic carboxylic acids is 1. The summed E-state index contributed by atoms with van der Waals surface area (Å²) in [5.41, 5.74) is -1.42. The van der Waals surface area contributed by atoms with Gasteiger partial charge in [-0.3, -0.25) is 0 Å². The van der Waals surface area contributed by atoms with E-state index in [1.165, 1.54) is 6.20 Å². The predicted octanol–water partition coefficient (Wildman–Crippen LogP) is 3.31. The van der Waals surface area contributed by atoms with Gasteiger partial charge in [-0.15, -0.1) is 0 Å². The summed E-state index contributed by atoms with van der Waals surface area (Å²) in [6, 6.07) is 2.48. The van der Waals surface area contributed by atoms with Crippen molar-refractivity contribution >= 4 is 11.7 Å². The van der Waals surface area contributed by atoms with Gasteiger partial charge >= 0.3 is 12.1 Å². The number of hydrogen-bond donors (Lipinski definition) is 2. The zero-order chi connectivity index (χ0) is 15.6. The van der Waals surface area contributed by atoms with E-state index >= 15 is 0 Å². The van der Waals surface area contributed by atoms with Crippen LogP contribution in [0.5, 0.6) is 0 Å². The minimum Gasteiger partial charge on any atom is -0.478 e. The normalized spacial score (nSPS) is 11.4. The van der Waals surface area contributed by atoms with Gasteiger partial charge in [0.25, 0.3) is 0 Å². The predicted molar refractivity (Wildman–Crippen MR) is 67.0 cm³/mol. The van der Waals surface area contributed by atoms with Crippen molar-refractivity contribution in [3.8, 4) is 0 Å². The Morgan fingerprint density at radius 1 is 1.43 bits per heavy atom. The van der Waals surface area contributed by atoms with Crippen LogP contribution in [0.25, 0.3) is 0 Å². The van der Waals surface area contributed by atoms with Crippen molar-refractivity contribution in [3.63, 3.8) is 0 Å². The van der Waals surface area contributed by atoms with E-state index in [1.807, 2.05) is 0 Å². The number of aryl methyl sites for hydroxylation is 1. The second-order valence-electron chi connectivity index (χ2n) is 4.28. The average Bonchev–Trinajstić information content (AvgIpc) is 2.80. The molecule has 2 N–H and O–H groups in total. The van der Waals surface area contributed by atoms with Crippen molar-refractivity contribution < 1.29 is 27.5 Å². The van der Waals surface area contributed by atoms with E-state index < -0.39 is 23.3 Å². The Morgan fingerprint density at radius 3 is 2.67 bits per heavy atom. The zero-order valence-corrected chi connectivity index (χ0v) is 10.9. The second-order valence-corrected chi connectivity index (χ2v) is 4.28. The van der Waals surface area contributed by atoms with Gasteiger partial charge in [-0.25, -0.2) is 9.78 Å². The van der Waals surface area contributed by atoms with E-state index in [1.54, 1.807) is 6.92 Å². The van der Waals surface area contributed by atoms with E-state index in [4.69, 9.17) is 9.52 Å². The van der Waals surface area contributed by atoms with Crippen molar-refractivity contribution in [2.75, 3.05) is 5.32 Å². The maximum Gasteiger partial charge on any atom is 0.416 e. The molecule has 0 spiro atoms. The van der Waals surface area contributed by atoms with Crippen LogP contribution in [-0.4, -0.2) is 16.1 Å². The molecule has 112 valence electrons. The first-order valence-electron chi connectivity index (χ1n) is 5.87. The minimum atomic E-state index is -4.59. The third kappa shape index (κ3) is 3.53. The van der Waals surface area contributed by atoms with Gasteiger partial charge in [0, 0.05) is 5.69 Å². The standard InChI is InChI=1S/C13H11F3N2O3/c1-7-5-18-11(21-7)6-17-10-3-2-8(13(14,15)16)4-9(10)12(19)20/h2-5,17H,6H2,1H3,(H,19,20). The highest BCUT2D eigenvalue weighted by atomic mass is 19.4. The molecule has 2 aromatic rings. The first-order valence-corrected chi connectivity index (χ1v) is 5.87. The minimum absolute atomic E-state index is 0.0614. The number of hydrogen-bond acceptors (Lipinski definition) is 4. The van der Waals surface area contributed by atoms with Crippen molar-refractivity contribution in [2.45, 2.75) is 19.6 Å². The Morgan fingerprint density at radius 2 is 2.14 bits per heavy atom. The lowest BCUT2D eigenvalue weighted by Gasteiger charge is -2.12. The van der Waals surface area contributed by atoms with Crippen LogP contribution in [0, 0.1) is 6.92 Å². The van der Waals surface area contributed by atoms with Crippen molar-refractivity contribution in [3.05, 3.63) is 47.2 Å². The molecule has 0 aliphatic rings. The van der Waals surface area contributed by atoms with E-state index in [-0.39, 0.29) is 12.2 Å². The first-order chi connectivity index (χ1) is 9.77. The topological polar surface area (TPSA) is 75.4 Å². The average molecular weight is 300 g/mol. The second kappa shape index (κ2) is 5.47. The van der Waals surface area contributed by atoms with Crippen LogP contribution in [0.1, 0.15) is 27.6 Å². The summed E-state index contributed by atoms with van der Waals surface area (Å²) in [4.78, 5) is 15.0. The number of benzene rings is 1. The molecule has 2 rings (SSSR count). The highest BCUT2D eigenvalue weighted by Crippen LogP contribution is 2.32. The molecule has 0 saturated carbocycles. The molecule has 0 radical (unpaired) electrons. The summed E-state index contributed by atoms with van der Waals surface area (Å²) < 4.78 is 42.9. The van der Waals surface area contributed by atoms with E-state index in [0.717, 1.165) is 12.1 Å². The smallest absolute Gasteiger partial charge is 0.416 e. The number of anilines is 1. The molecule has 0 bridgehead atoms. The maximum absolute atomic E-state index is 12.6. The van der Waals surface area contributed by atoms with Crippen molar-refractivity contribution in [2.24, 2.45) is 0 Å².